The van der Waals surface area contributed by atoms with Crippen LogP contribution < -0.4 is 0 Å². The fourth-order valence-corrected chi connectivity index (χ4v) is 0. The summed E-state index contributed by atoms with van der Waals surface area (Å²) in [6.45, 7) is 0. The molecule has 0 N–H and O–H groups in total. The first kappa shape index (κ1) is 32.3. The molecule has 17 heteroatoms. The summed E-state index contributed by atoms with van der Waals surface area (Å²) in [6, 6.07) is 0. The van der Waals surface area contributed by atoms with Crippen LogP contribution in [0.25, 0.3) is 0 Å². The van der Waals surface area contributed by atoms with E-state index >= 15 is 0 Å². The van der Waals surface area contributed by atoms with Gasteiger partial charge in [-0.15, -0.1) is 0 Å². The molecule has 0 atom stereocenters. The standard InChI is InChI=1S/2Au.3H2O3SSe/c;;3*1-4(2,3)5/h;;3*(H2,1,2,3,5)/q2*+3;;;/p-6. The van der Waals surface area contributed by atoms with Crippen LogP contribution in [0.5, 0.6) is 0 Å². The van der Waals surface area contributed by atoms with E-state index < -0.39 is 25.3 Å². The Morgan fingerprint density at radius 1 is 0.529 bits per heavy atom. The molecule has 0 unspecified atom stereocenters. The van der Waals surface area contributed by atoms with E-state index in [1.807, 2.05) is 0 Å². The minimum atomic E-state index is -4.04. The van der Waals surface area contributed by atoms with Gasteiger partial charge in [-0.2, -0.15) is 0 Å². The number of hydrogen-bond acceptors (Lipinski definition) is 9. The van der Waals surface area contributed by atoms with Gasteiger partial charge >= 0.3 is 153 Å². The van der Waals surface area contributed by atoms with Gasteiger partial charge in [0.25, 0.3) is 0 Å². The van der Waals surface area contributed by atoms with Gasteiger partial charge in [-0.1, -0.05) is 0 Å². The van der Waals surface area contributed by atoms with Gasteiger partial charge in [0.2, 0.25) is 0 Å². The molecule has 0 saturated heterocycles. The molecule has 17 heavy (non-hydrogen) atoms. The molecule has 0 bridgehead atoms. The van der Waals surface area contributed by atoms with Gasteiger partial charge in [0.15, 0.2) is 0 Å². The quantitative estimate of drug-likeness (QED) is 0.218. The Morgan fingerprint density at radius 3 is 0.529 bits per heavy atom. The second-order valence-electron chi connectivity index (χ2n) is 1.22. The molecule has 0 heterocycles. The second kappa shape index (κ2) is 14.2. The van der Waals surface area contributed by atoms with Crippen LogP contribution in [-0.4, -0.2) is 83.1 Å². The van der Waals surface area contributed by atoms with Gasteiger partial charge in [0.1, 0.15) is 0 Å². The molecule has 9 nitrogen and oxygen atoms in total. The van der Waals surface area contributed by atoms with Crippen LogP contribution in [0.2, 0.25) is 0 Å². The largest absolute Gasteiger partial charge is 3.00 e. The van der Waals surface area contributed by atoms with Crippen molar-refractivity contribution in [3.05, 3.63) is 0 Å². The third kappa shape index (κ3) is 543. The molecule has 0 fully saturated rings. The van der Waals surface area contributed by atoms with Gasteiger partial charge < -0.3 is 0 Å². The first-order valence-corrected chi connectivity index (χ1v) is 12.3. The Kier molecular flexibility index (Phi) is 26.9. The van der Waals surface area contributed by atoms with Crippen LogP contribution in [0.1, 0.15) is 0 Å². The predicted octanol–water partition coefficient (Wildman–Crippen LogP) is -4.16. The summed E-state index contributed by atoms with van der Waals surface area (Å²) in [6.07, 6.45) is 0. The Balaban J connectivity index is -0.0000000400. The van der Waals surface area contributed by atoms with Crippen molar-refractivity contribution in [1.82, 2.24) is 0 Å². The van der Waals surface area contributed by atoms with Gasteiger partial charge in [0.05, 0.1) is 0 Å². The summed E-state index contributed by atoms with van der Waals surface area (Å²) in [5, 5.41) is 0. The van der Waals surface area contributed by atoms with Crippen molar-refractivity contribution in [3.8, 4) is 0 Å². The maximum absolute atomic E-state index is 9.02. The summed E-state index contributed by atoms with van der Waals surface area (Å²) in [5.74, 6) is 0. The summed E-state index contributed by atoms with van der Waals surface area (Å²) in [4.78, 5) is 0. The maximum Gasteiger partial charge on any atom is 3.00 e. The third-order valence-electron chi connectivity index (χ3n) is 0. The van der Waals surface area contributed by atoms with Crippen molar-refractivity contribution in [3.63, 3.8) is 0 Å². The Morgan fingerprint density at radius 2 is 0.529 bits per heavy atom. The molecule has 0 aromatic carbocycles. The molecule has 0 aromatic rings. The van der Waals surface area contributed by atoms with Gasteiger partial charge in [0, 0.05) is 0 Å². The fourth-order valence-electron chi connectivity index (χ4n) is 0. The van der Waals surface area contributed by atoms with Gasteiger partial charge in [-0.3, -0.25) is 0 Å². The fraction of sp³-hybridized carbons (Fsp3) is 0. The Hall–Kier alpha value is 3.25. The van der Waals surface area contributed by atoms with Crippen LogP contribution in [0.3, 0.4) is 0 Å². The summed E-state index contributed by atoms with van der Waals surface area (Å²) >= 11 is 4.19. The van der Waals surface area contributed by atoms with E-state index in [1.54, 1.807) is 0 Å². The van der Waals surface area contributed by atoms with Crippen LogP contribution in [-0.2, 0) is 70.0 Å². The molecule has 0 aliphatic heterocycles. The van der Waals surface area contributed by atoms with Gasteiger partial charge in [-0.25, -0.2) is 0 Å². The second-order valence-corrected chi connectivity index (χ2v) is 11.4. The monoisotopic (exact) mass is 874 g/mol. The maximum atomic E-state index is 9.02. The Labute approximate surface area is 151 Å². The summed E-state index contributed by atoms with van der Waals surface area (Å²) < 4.78 is 81.2. The van der Waals surface area contributed by atoms with Crippen LogP contribution in [0.4, 0.5) is 0 Å². The van der Waals surface area contributed by atoms with E-state index in [0.717, 1.165) is 0 Å². The van der Waals surface area contributed by atoms with Crippen molar-refractivity contribution in [2.75, 3.05) is 0 Å². The van der Waals surface area contributed by atoms with Crippen molar-refractivity contribution in [2.24, 2.45) is 0 Å². The van der Waals surface area contributed by atoms with E-state index in [1.165, 1.54) is 43.2 Å². The topological polar surface area (TPSA) is 190 Å². The molecular weight excluding hydrogens is 871 g/mol. The summed E-state index contributed by atoms with van der Waals surface area (Å²) in [5.41, 5.74) is 0. The van der Waals surface area contributed by atoms with Crippen LogP contribution in [0.15, 0.2) is 0 Å². The number of hydrogen-bond donors (Lipinski definition) is 0. The number of rotatable bonds is 0. The van der Waals surface area contributed by atoms with E-state index in [0.29, 0.717) is 0 Å². The van der Waals surface area contributed by atoms with Crippen molar-refractivity contribution in [1.29, 1.82) is 0 Å². The minimum Gasteiger partial charge on any atom is 3.00 e. The molecule has 0 radical (unpaired) electrons. The van der Waals surface area contributed by atoms with Gasteiger partial charge in [-0.05, 0) is 0 Å². The molecule has 112 valence electrons. The molecule has 0 rings (SSSR count). The smallest absolute Gasteiger partial charge is 3.00 e. The van der Waals surface area contributed by atoms with Crippen molar-refractivity contribution < 1.29 is 84.7 Å². The molecule has 0 aliphatic rings. The molecule has 0 spiro atoms. The molecular formula is Au2O9S3Se3. The molecule has 0 aromatic heterocycles. The van der Waals surface area contributed by atoms with E-state index in [2.05, 4.69) is 0 Å². The summed E-state index contributed by atoms with van der Waals surface area (Å²) in [7, 11) is -12.1. The normalized spacial score (nSPS) is 10.2. The van der Waals surface area contributed by atoms with E-state index in [-0.39, 0.29) is 44.8 Å². The molecule has 0 aliphatic carbocycles. The zero-order valence-electron chi connectivity index (χ0n) is 6.73. The minimum absolute atomic E-state index is 0. The first-order chi connectivity index (χ1) is 6.00. The van der Waals surface area contributed by atoms with E-state index in [9.17, 15) is 0 Å². The van der Waals surface area contributed by atoms with Crippen molar-refractivity contribution in [2.45, 2.75) is 0 Å². The SMILES string of the molecule is O=S([O-])([O-])=[Se].O=S([O-])([O-])=[Se].O=S([O-])([O-])=[Se].[Au+3].[Au+3]. The first-order valence-electron chi connectivity index (χ1n) is 2.00. The van der Waals surface area contributed by atoms with Crippen molar-refractivity contribution >= 4 is 68.4 Å². The van der Waals surface area contributed by atoms with Crippen LogP contribution >= 0.6 is 0 Å². The zero-order valence-corrected chi connectivity index (χ0v) is 18.6. The predicted molar refractivity (Wildman–Crippen MR) is 46.4 cm³/mol. The average Bonchev–Trinajstić information content (AvgIpc) is 1.41. The Bertz CT molecular complexity index is 350. The third-order valence-corrected chi connectivity index (χ3v) is 0. The molecule has 0 saturated carbocycles. The van der Waals surface area contributed by atoms with Crippen LogP contribution in [0, 0.1) is 0 Å². The average molecular weight is 871 g/mol. The molecule has 0 amide bonds. The van der Waals surface area contributed by atoms with E-state index in [4.69, 9.17) is 39.9 Å². The zero-order chi connectivity index (χ0) is 13.5.